The number of nitrogens with zero attached hydrogens (tertiary/aromatic N) is 3. The molecule has 144 valence electrons. The normalized spacial score (nSPS) is 10.8. The minimum atomic E-state index is 0.0309. The molecule has 0 bridgehead atoms. The van der Waals surface area contributed by atoms with Crippen LogP contribution in [0.15, 0.2) is 71.8 Å². The number of thiazole rings is 1. The number of halogens is 1. The van der Waals surface area contributed by atoms with E-state index in [9.17, 15) is 4.79 Å². The van der Waals surface area contributed by atoms with E-state index in [1.807, 2.05) is 49.4 Å². The van der Waals surface area contributed by atoms with E-state index in [1.165, 1.54) is 11.8 Å². The second-order valence-electron chi connectivity index (χ2n) is 6.28. The molecule has 2 aromatic carbocycles. The van der Waals surface area contributed by atoms with Crippen molar-refractivity contribution >= 4 is 40.5 Å². The number of hydrogen-bond acceptors (Lipinski definition) is 6. The Labute approximate surface area is 182 Å². The third-order valence-electron chi connectivity index (χ3n) is 4.21. The number of rotatable bonds is 6. The zero-order chi connectivity index (χ0) is 20.2. The first-order valence-electron chi connectivity index (χ1n) is 8.88. The largest absolute Gasteiger partial charge is 0.293 e. The van der Waals surface area contributed by atoms with Gasteiger partial charge >= 0.3 is 0 Å². The number of aryl methyl sites for hydroxylation is 1. The van der Waals surface area contributed by atoms with E-state index in [-0.39, 0.29) is 5.78 Å². The summed E-state index contributed by atoms with van der Waals surface area (Å²) in [6, 6.07) is 20.8. The summed E-state index contributed by atoms with van der Waals surface area (Å²) in [6.07, 6.45) is 0. The van der Waals surface area contributed by atoms with Crippen LogP contribution in [-0.4, -0.2) is 26.7 Å². The van der Waals surface area contributed by atoms with E-state index >= 15 is 0 Å². The van der Waals surface area contributed by atoms with Gasteiger partial charge < -0.3 is 0 Å². The Morgan fingerprint density at radius 3 is 2.45 bits per heavy atom. The summed E-state index contributed by atoms with van der Waals surface area (Å²) in [6.45, 7) is 1.98. The van der Waals surface area contributed by atoms with E-state index in [0.29, 0.717) is 21.4 Å². The Bertz CT molecular complexity index is 1130. The van der Waals surface area contributed by atoms with Gasteiger partial charge in [0.1, 0.15) is 15.7 Å². The van der Waals surface area contributed by atoms with Gasteiger partial charge in [0.15, 0.2) is 5.78 Å². The molecule has 2 aromatic heterocycles. The summed E-state index contributed by atoms with van der Waals surface area (Å²) < 4.78 is 0. The van der Waals surface area contributed by atoms with Crippen molar-refractivity contribution in [2.75, 3.05) is 5.75 Å². The standard InChI is InChI=1S/C22H16ClN3OS2/c1-14-21(29-22(24-14)16-5-3-2-4-6-16)18-11-12-20(26-25-18)28-13-19(27)15-7-9-17(23)10-8-15/h2-12H,13H2,1H3. The first kappa shape index (κ1) is 19.8. The Morgan fingerprint density at radius 1 is 1.00 bits per heavy atom. The predicted molar refractivity (Wildman–Crippen MR) is 120 cm³/mol. The molecule has 0 unspecified atom stereocenters. The maximum atomic E-state index is 12.3. The smallest absolute Gasteiger partial charge is 0.173 e. The Morgan fingerprint density at radius 2 is 1.76 bits per heavy atom. The number of aromatic nitrogens is 3. The molecule has 0 aliphatic carbocycles. The van der Waals surface area contributed by atoms with Gasteiger partial charge in [-0.1, -0.05) is 53.7 Å². The topological polar surface area (TPSA) is 55.7 Å². The van der Waals surface area contributed by atoms with Gasteiger partial charge in [0.25, 0.3) is 0 Å². The molecule has 0 amide bonds. The molecule has 0 aliphatic rings. The van der Waals surface area contributed by atoms with E-state index in [2.05, 4.69) is 15.2 Å². The highest BCUT2D eigenvalue weighted by Crippen LogP contribution is 2.34. The van der Waals surface area contributed by atoms with Crippen LogP contribution in [0.1, 0.15) is 16.1 Å². The molecule has 4 rings (SSSR count). The van der Waals surface area contributed by atoms with Gasteiger partial charge in [-0.05, 0) is 43.3 Å². The maximum Gasteiger partial charge on any atom is 0.173 e. The molecule has 0 aliphatic heterocycles. The fourth-order valence-corrected chi connectivity index (χ4v) is 4.59. The lowest BCUT2D eigenvalue weighted by Crippen LogP contribution is -2.02. The molecule has 0 N–H and O–H groups in total. The van der Waals surface area contributed by atoms with Crippen LogP contribution in [0.25, 0.3) is 21.1 Å². The number of Topliss-reactive ketones (excluding diaryl/α,β-unsaturated/α-hetero) is 1. The van der Waals surface area contributed by atoms with Gasteiger partial charge in [0.2, 0.25) is 0 Å². The van der Waals surface area contributed by atoms with Crippen LogP contribution in [0.2, 0.25) is 5.02 Å². The lowest BCUT2D eigenvalue weighted by molar-refractivity contribution is 0.102. The van der Waals surface area contributed by atoms with Crippen LogP contribution in [0.5, 0.6) is 0 Å². The maximum absolute atomic E-state index is 12.3. The van der Waals surface area contributed by atoms with Crippen molar-refractivity contribution in [1.82, 2.24) is 15.2 Å². The van der Waals surface area contributed by atoms with Gasteiger partial charge in [-0.3, -0.25) is 4.79 Å². The third kappa shape index (κ3) is 4.72. The Balaban J connectivity index is 1.45. The van der Waals surface area contributed by atoms with Crippen molar-refractivity contribution in [2.45, 2.75) is 11.9 Å². The van der Waals surface area contributed by atoms with Crippen LogP contribution in [0, 0.1) is 6.92 Å². The number of carbonyl (C=O) groups is 1. The molecule has 29 heavy (non-hydrogen) atoms. The lowest BCUT2D eigenvalue weighted by Gasteiger charge is -2.02. The molecular formula is C22H16ClN3OS2. The number of benzene rings is 2. The average molecular weight is 438 g/mol. The van der Waals surface area contributed by atoms with Crippen molar-refractivity contribution < 1.29 is 4.79 Å². The lowest BCUT2D eigenvalue weighted by atomic mass is 10.1. The molecule has 7 heteroatoms. The summed E-state index contributed by atoms with van der Waals surface area (Å²) in [5, 5.41) is 10.9. The van der Waals surface area contributed by atoms with Gasteiger partial charge in [0.05, 0.1) is 16.3 Å². The Kier molecular flexibility index (Phi) is 6.04. The van der Waals surface area contributed by atoms with Crippen LogP contribution in [-0.2, 0) is 0 Å². The highest BCUT2D eigenvalue weighted by atomic mass is 35.5. The minimum Gasteiger partial charge on any atom is -0.293 e. The monoisotopic (exact) mass is 437 g/mol. The van der Waals surface area contributed by atoms with Gasteiger partial charge in [-0.25, -0.2) is 4.98 Å². The zero-order valence-corrected chi connectivity index (χ0v) is 17.9. The molecule has 2 heterocycles. The van der Waals surface area contributed by atoms with Crippen molar-refractivity contribution in [3.8, 4) is 21.1 Å². The molecule has 0 fully saturated rings. The summed E-state index contributed by atoms with van der Waals surface area (Å²) in [5.41, 5.74) is 3.45. The number of hydrogen-bond donors (Lipinski definition) is 0. The minimum absolute atomic E-state index is 0.0309. The summed E-state index contributed by atoms with van der Waals surface area (Å²) in [4.78, 5) is 18.0. The average Bonchev–Trinajstić information content (AvgIpc) is 3.15. The van der Waals surface area contributed by atoms with Crippen LogP contribution >= 0.6 is 34.7 Å². The van der Waals surface area contributed by atoms with E-state index in [1.54, 1.807) is 35.6 Å². The van der Waals surface area contributed by atoms with Gasteiger partial charge in [-0.15, -0.1) is 21.5 Å². The summed E-state index contributed by atoms with van der Waals surface area (Å²) >= 11 is 8.84. The molecule has 0 saturated heterocycles. The summed E-state index contributed by atoms with van der Waals surface area (Å²) in [7, 11) is 0. The molecular weight excluding hydrogens is 422 g/mol. The van der Waals surface area contributed by atoms with Crippen molar-refractivity contribution in [3.63, 3.8) is 0 Å². The summed E-state index contributed by atoms with van der Waals surface area (Å²) in [5.74, 6) is 0.330. The molecule has 4 nitrogen and oxygen atoms in total. The molecule has 0 saturated carbocycles. The predicted octanol–water partition coefficient (Wildman–Crippen LogP) is 6.20. The SMILES string of the molecule is Cc1nc(-c2ccccc2)sc1-c1ccc(SCC(=O)c2ccc(Cl)cc2)nn1. The van der Waals surface area contributed by atoms with Gasteiger partial charge in [0, 0.05) is 16.1 Å². The van der Waals surface area contributed by atoms with Crippen molar-refractivity contribution in [3.05, 3.63) is 83.0 Å². The van der Waals surface area contributed by atoms with Crippen molar-refractivity contribution in [1.29, 1.82) is 0 Å². The first-order chi connectivity index (χ1) is 14.1. The third-order valence-corrected chi connectivity index (χ3v) is 6.61. The highest BCUT2D eigenvalue weighted by Gasteiger charge is 2.13. The quantitative estimate of drug-likeness (QED) is 0.265. The zero-order valence-electron chi connectivity index (χ0n) is 15.5. The second kappa shape index (κ2) is 8.86. The van der Waals surface area contributed by atoms with Crippen LogP contribution < -0.4 is 0 Å². The van der Waals surface area contributed by atoms with Crippen molar-refractivity contribution in [2.24, 2.45) is 0 Å². The molecule has 0 radical (unpaired) electrons. The number of carbonyl (C=O) groups excluding carboxylic acids is 1. The number of ketones is 1. The van der Waals surface area contributed by atoms with E-state index in [4.69, 9.17) is 11.6 Å². The Hall–Kier alpha value is -2.54. The number of thioether (sulfide) groups is 1. The second-order valence-corrected chi connectivity index (χ2v) is 8.71. The van der Waals surface area contributed by atoms with E-state index < -0.39 is 0 Å². The molecule has 0 atom stereocenters. The fraction of sp³-hybridized carbons (Fsp3) is 0.0909. The van der Waals surface area contributed by atoms with Crippen LogP contribution in [0.3, 0.4) is 0 Å². The first-order valence-corrected chi connectivity index (χ1v) is 11.1. The highest BCUT2D eigenvalue weighted by molar-refractivity contribution is 7.99. The molecule has 4 aromatic rings. The van der Waals surface area contributed by atoms with Gasteiger partial charge in [-0.2, -0.15) is 0 Å². The van der Waals surface area contributed by atoms with Crippen LogP contribution in [0.4, 0.5) is 0 Å². The van der Waals surface area contributed by atoms with E-state index in [0.717, 1.165) is 26.8 Å². The fourth-order valence-electron chi connectivity index (χ4n) is 2.71. The molecule has 0 spiro atoms.